The van der Waals surface area contributed by atoms with Crippen LogP contribution in [0.4, 0.5) is 10.2 Å². The first kappa shape index (κ1) is 13.5. The van der Waals surface area contributed by atoms with Crippen LogP contribution >= 0.6 is 0 Å². The number of aryl methyl sites for hydroxylation is 2. The SMILES string of the molecule is CCNc1nc(-c2ccc(F)c(C)c2)nc(C)c1C. The maximum atomic E-state index is 13.3. The Balaban J connectivity index is 2.52. The van der Waals surface area contributed by atoms with Crippen LogP contribution in [0.5, 0.6) is 0 Å². The molecule has 2 aromatic rings. The van der Waals surface area contributed by atoms with E-state index in [1.54, 1.807) is 19.1 Å². The van der Waals surface area contributed by atoms with E-state index in [9.17, 15) is 4.39 Å². The van der Waals surface area contributed by atoms with Gasteiger partial charge in [0.2, 0.25) is 0 Å². The zero-order valence-electron chi connectivity index (χ0n) is 11.7. The van der Waals surface area contributed by atoms with Crippen molar-refractivity contribution in [1.29, 1.82) is 0 Å². The molecular formula is C15H18FN3. The van der Waals surface area contributed by atoms with Gasteiger partial charge < -0.3 is 5.32 Å². The number of nitrogens with zero attached hydrogens (tertiary/aromatic N) is 2. The summed E-state index contributed by atoms with van der Waals surface area (Å²) in [5.41, 5.74) is 3.41. The van der Waals surface area contributed by atoms with E-state index in [1.807, 2.05) is 20.8 Å². The molecule has 0 radical (unpaired) electrons. The molecule has 0 amide bonds. The highest BCUT2D eigenvalue weighted by Crippen LogP contribution is 2.23. The number of hydrogen-bond donors (Lipinski definition) is 1. The molecule has 0 aliphatic carbocycles. The lowest BCUT2D eigenvalue weighted by molar-refractivity contribution is 0.618. The van der Waals surface area contributed by atoms with Crippen molar-refractivity contribution >= 4 is 5.82 Å². The van der Waals surface area contributed by atoms with Gasteiger partial charge in [0.1, 0.15) is 11.6 Å². The minimum Gasteiger partial charge on any atom is -0.370 e. The van der Waals surface area contributed by atoms with Gasteiger partial charge in [-0.05, 0) is 51.5 Å². The maximum Gasteiger partial charge on any atom is 0.161 e. The van der Waals surface area contributed by atoms with Crippen molar-refractivity contribution in [3.05, 3.63) is 40.8 Å². The predicted molar refractivity (Wildman–Crippen MR) is 75.8 cm³/mol. The third kappa shape index (κ3) is 2.72. The lowest BCUT2D eigenvalue weighted by atomic mass is 10.1. The molecule has 100 valence electrons. The molecule has 2 rings (SSSR count). The summed E-state index contributed by atoms with van der Waals surface area (Å²) in [5.74, 6) is 1.26. The molecule has 0 fully saturated rings. The van der Waals surface area contributed by atoms with Crippen LogP contribution < -0.4 is 5.32 Å². The first-order valence-electron chi connectivity index (χ1n) is 6.38. The fraction of sp³-hybridized carbons (Fsp3) is 0.333. The Hall–Kier alpha value is -1.97. The zero-order valence-corrected chi connectivity index (χ0v) is 11.7. The summed E-state index contributed by atoms with van der Waals surface area (Å²) in [4.78, 5) is 9.00. The Kier molecular flexibility index (Phi) is 3.79. The van der Waals surface area contributed by atoms with Crippen molar-refractivity contribution in [1.82, 2.24) is 9.97 Å². The molecular weight excluding hydrogens is 241 g/mol. The number of halogens is 1. The fourth-order valence-electron chi connectivity index (χ4n) is 1.88. The van der Waals surface area contributed by atoms with Gasteiger partial charge in [0.25, 0.3) is 0 Å². The van der Waals surface area contributed by atoms with Crippen LogP contribution in [0.2, 0.25) is 0 Å². The van der Waals surface area contributed by atoms with Crippen molar-refractivity contribution < 1.29 is 4.39 Å². The molecule has 1 aromatic carbocycles. The molecule has 0 unspecified atom stereocenters. The molecule has 4 heteroatoms. The summed E-state index contributed by atoms with van der Waals surface area (Å²) in [6, 6.07) is 4.94. The van der Waals surface area contributed by atoms with E-state index in [-0.39, 0.29) is 5.82 Å². The second-order valence-corrected chi connectivity index (χ2v) is 4.60. The van der Waals surface area contributed by atoms with Gasteiger partial charge >= 0.3 is 0 Å². The van der Waals surface area contributed by atoms with Crippen LogP contribution in [-0.2, 0) is 0 Å². The minimum atomic E-state index is -0.209. The molecule has 3 nitrogen and oxygen atoms in total. The van der Waals surface area contributed by atoms with Crippen LogP contribution in [0.3, 0.4) is 0 Å². The van der Waals surface area contributed by atoms with Crippen LogP contribution in [0, 0.1) is 26.6 Å². The Morgan fingerprint density at radius 1 is 1.16 bits per heavy atom. The molecule has 1 aromatic heterocycles. The van der Waals surface area contributed by atoms with E-state index in [4.69, 9.17) is 0 Å². The minimum absolute atomic E-state index is 0.209. The number of hydrogen-bond acceptors (Lipinski definition) is 3. The van der Waals surface area contributed by atoms with Gasteiger partial charge in [-0.3, -0.25) is 0 Å². The van der Waals surface area contributed by atoms with Crippen molar-refractivity contribution in [2.45, 2.75) is 27.7 Å². The summed E-state index contributed by atoms with van der Waals surface area (Å²) >= 11 is 0. The largest absolute Gasteiger partial charge is 0.370 e. The highest BCUT2D eigenvalue weighted by atomic mass is 19.1. The van der Waals surface area contributed by atoms with E-state index in [2.05, 4.69) is 15.3 Å². The lowest BCUT2D eigenvalue weighted by Gasteiger charge is -2.11. The molecule has 0 aliphatic rings. The predicted octanol–water partition coefficient (Wildman–Crippen LogP) is 3.64. The molecule has 0 spiro atoms. The molecule has 0 atom stereocenters. The van der Waals surface area contributed by atoms with Crippen molar-refractivity contribution in [3.8, 4) is 11.4 Å². The van der Waals surface area contributed by atoms with Crippen molar-refractivity contribution in [2.75, 3.05) is 11.9 Å². The quantitative estimate of drug-likeness (QED) is 0.914. The van der Waals surface area contributed by atoms with Crippen LogP contribution in [0.25, 0.3) is 11.4 Å². The topological polar surface area (TPSA) is 37.8 Å². The van der Waals surface area contributed by atoms with E-state index in [1.165, 1.54) is 6.07 Å². The Morgan fingerprint density at radius 3 is 2.53 bits per heavy atom. The Labute approximate surface area is 112 Å². The van der Waals surface area contributed by atoms with Gasteiger partial charge in [0.15, 0.2) is 5.82 Å². The van der Waals surface area contributed by atoms with Crippen LogP contribution in [0.15, 0.2) is 18.2 Å². The third-order valence-corrected chi connectivity index (χ3v) is 3.15. The molecule has 0 saturated heterocycles. The summed E-state index contributed by atoms with van der Waals surface area (Å²) in [7, 11) is 0. The molecule has 0 saturated carbocycles. The first-order chi connectivity index (χ1) is 9.02. The molecule has 1 N–H and O–H groups in total. The monoisotopic (exact) mass is 259 g/mol. The summed E-state index contributed by atoms with van der Waals surface area (Å²) in [6.07, 6.45) is 0. The zero-order chi connectivity index (χ0) is 14.0. The standard InChI is InChI=1S/C15H18FN3/c1-5-17-14-10(3)11(4)18-15(19-14)12-6-7-13(16)9(2)8-12/h6-8H,5H2,1-4H3,(H,17,18,19). The maximum absolute atomic E-state index is 13.3. The number of anilines is 1. The van der Waals surface area contributed by atoms with Crippen LogP contribution in [-0.4, -0.2) is 16.5 Å². The summed E-state index contributed by atoms with van der Waals surface area (Å²) in [5, 5.41) is 3.23. The van der Waals surface area contributed by atoms with Gasteiger partial charge in [0, 0.05) is 23.4 Å². The number of rotatable bonds is 3. The van der Waals surface area contributed by atoms with E-state index >= 15 is 0 Å². The highest BCUT2D eigenvalue weighted by Gasteiger charge is 2.10. The molecule has 1 heterocycles. The normalized spacial score (nSPS) is 10.6. The average Bonchev–Trinajstić information content (AvgIpc) is 2.38. The lowest BCUT2D eigenvalue weighted by Crippen LogP contribution is -2.06. The molecule has 19 heavy (non-hydrogen) atoms. The Morgan fingerprint density at radius 2 is 1.89 bits per heavy atom. The van der Waals surface area contributed by atoms with Gasteiger partial charge in [-0.2, -0.15) is 0 Å². The number of benzene rings is 1. The van der Waals surface area contributed by atoms with Gasteiger partial charge in [-0.1, -0.05) is 0 Å². The van der Waals surface area contributed by atoms with Crippen LogP contribution in [0.1, 0.15) is 23.7 Å². The Bertz CT molecular complexity index is 609. The van der Waals surface area contributed by atoms with Crippen molar-refractivity contribution in [2.24, 2.45) is 0 Å². The first-order valence-corrected chi connectivity index (χ1v) is 6.38. The molecule has 0 bridgehead atoms. The van der Waals surface area contributed by atoms with E-state index in [0.29, 0.717) is 11.4 Å². The van der Waals surface area contributed by atoms with E-state index in [0.717, 1.165) is 29.2 Å². The molecule has 0 aliphatic heterocycles. The highest BCUT2D eigenvalue weighted by molar-refractivity contribution is 5.60. The van der Waals surface area contributed by atoms with Gasteiger partial charge in [-0.25, -0.2) is 14.4 Å². The third-order valence-electron chi connectivity index (χ3n) is 3.15. The second kappa shape index (κ2) is 5.34. The van der Waals surface area contributed by atoms with Gasteiger partial charge in [-0.15, -0.1) is 0 Å². The fourth-order valence-corrected chi connectivity index (χ4v) is 1.88. The second-order valence-electron chi connectivity index (χ2n) is 4.60. The smallest absolute Gasteiger partial charge is 0.161 e. The van der Waals surface area contributed by atoms with Crippen molar-refractivity contribution in [3.63, 3.8) is 0 Å². The summed E-state index contributed by atoms with van der Waals surface area (Å²) < 4.78 is 13.3. The summed E-state index contributed by atoms with van der Waals surface area (Å²) in [6.45, 7) is 8.52. The average molecular weight is 259 g/mol. The van der Waals surface area contributed by atoms with Gasteiger partial charge in [0.05, 0.1) is 0 Å². The number of aromatic nitrogens is 2. The van der Waals surface area contributed by atoms with E-state index < -0.39 is 0 Å². The number of nitrogens with one attached hydrogen (secondary N) is 1.